The molecule has 2 aromatic heterocycles. The highest BCUT2D eigenvalue weighted by atomic mass is 32.1. The van der Waals surface area contributed by atoms with Crippen LogP contribution in [0, 0.1) is 18.3 Å². The van der Waals surface area contributed by atoms with Crippen molar-refractivity contribution in [2.24, 2.45) is 0 Å². The number of nitriles is 1. The molecule has 0 unspecified atom stereocenters. The summed E-state index contributed by atoms with van der Waals surface area (Å²) < 4.78 is 0. The molecule has 2 aromatic carbocycles. The van der Waals surface area contributed by atoms with Crippen molar-refractivity contribution in [2.75, 3.05) is 0 Å². The van der Waals surface area contributed by atoms with Gasteiger partial charge in [0.2, 0.25) is 0 Å². The maximum Gasteiger partial charge on any atom is 0.138 e. The van der Waals surface area contributed by atoms with E-state index in [-0.39, 0.29) is 0 Å². The van der Waals surface area contributed by atoms with E-state index in [1.807, 2.05) is 49.5 Å². The summed E-state index contributed by atoms with van der Waals surface area (Å²) >= 11 is 4.44. The number of aromatic nitrogens is 2. The van der Waals surface area contributed by atoms with Gasteiger partial charge in [0.25, 0.3) is 0 Å². The van der Waals surface area contributed by atoms with E-state index in [1.54, 1.807) is 0 Å². The van der Waals surface area contributed by atoms with Crippen molar-refractivity contribution in [3.8, 4) is 17.2 Å². The monoisotopic (exact) mass is 315 g/mol. The Labute approximate surface area is 139 Å². The molecule has 0 aliphatic rings. The van der Waals surface area contributed by atoms with Crippen molar-refractivity contribution in [3.05, 3.63) is 59.8 Å². The summed E-state index contributed by atoms with van der Waals surface area (Å²) in [6, 6.07) is 16.1. The van der Waals surface area contributed by atoms with Gasteiger partial charge in [-0.3, -0.25) is 0 Å². The van der Waals surface area contributed by atoms with Crippen molar-refractivity contribution >= 4 is 34.6 Å². The van der Waals surface area contributed by atoms with Crippen LogP contribution in [0.3, 0.4) is 0 Å². The molecular formula is C19H13N3S. The first kappa shape index (κ1) is 13.9. The van der Waals surface area contributed by atoms with Crippen LogP contribution in [0.4, 0.5) is 0 Å². The van der Waals surface area contributed by atoms with E-state index in [0.29, 0.717) is 5.56 Å². The molecule has 0 atom stereocenters. The fourth-order valence-electron chi connectivity index (χ4n) is 2.98. The number of aromatic amines is 1. The molecule has 0 radical (unpaired) electrons. The number of thiol groups is 1. The molecule has 4 rings (SSSR count). The largest absolute Gasteiger partial charge is 0.339 e. The van der Waals surface area contributed by atoms with Crippen molar-refractivity contribution in [1.29, 1.82) is 5.26 Å². The molecule has 0 saturated carbocycles. The van der Waals surface area contributed by atoms with Crippen LogP contribution in [0.5, 0.6) is 0 Å². The van der Waals surface area contributed by atoms with E-state index in [0.717, 1.165) is 43.5 Å². The molecule has 0 bridgehead atoms. The van der Waals surface area contributed by atoms with E-state index >= 15 is 0 Å². The summed E-state index contributed by atoms with van der Waals surface area (Å²) in [5.41, 5.74) is 5.56. The Morgan fingerprint density at radius 1 is 1.17 bits per heavy atom. The first-order valence-electron chi connectivity index (χ1n) is 7.27. The second kappa shape index (κ2) is 5.15. The number of nitrogens with one attached hydrogen (secondary N) is 1. The smallest absolute Gasteiger partial charge is 0.138 e. The summed E-state index contributed by atoms with van der Waals surface area (Å²) in [6.07, 6.45) is 1.84. The van der Waals surface area contributed by atoms with Crippen LogP contribution >= 0.6 is 12.6 Å². The van der Waals surface area contributed by atoms with E-state index in [2.05, 4.69) is 34.7 Å². The van der Waals surface area contributed by atoms with Crippen LogP contribution in [0.2, 0.25) is 0 Å². The summed E-state index contributed by atoms with van der Waals surface area (Å²) in [5, 5.41) is 11.5. The van der Waals surface area contributed by atoms with Gasteiger partial charge in [0.15, 0.2) is 0 Å². The van der Waals surface area contributed by atoms with E-state index in [4.69, 9.17) is 0 Å². The van der Waals surface area contributed by atoms with E-state index in [1.165, 1.54) is 0 Å². The maximum absolute atomic E-state index is 9.35. The van der Waals surface area contributed by atoms with Crippen molar-refractivity contribution in [3.63, 3.8) is 0 Å². The number of hydrogen-bond donors (Lipinski definition) is 2. The molecular weight excluding hydrogens is 302 g/mol. The summed E-state index contributed by atoms with van der Waals surface area (Å²) in [6.45, 7) is 2.03. The lowest BCUT2D eigenvalue weighted by Gasteiger charge is -2.06. The Kier molecular flexibility index (Phi) is 3.10. The Morgan fingerprint density at radius 3 is 2.83 bits per heavy atom. The molecule has 0 spiro atoms. The summed E-state index contributed by atoms with van der Waals surface area (Å²) in [7, 11) is 0. The van der Waals surface area contributed by atoms with E-state index < -0.39 is 0 Å². The van der Waals surface area contributed by atoms with Crippen molar-refractivity contribution in [2.45, 2.75) is 11.8 Å². The van der Waals surface area contributed by atoms with Gasteiger partial charge in [-0.15, -0.1) is 12.6 Å². The second-order valence-electron chi connectivity index (χ2n) is 5.64. The minimum absolute atomic E-state index is 0.625. The topological polar surface area (TPSA) is 52.5 Å². The number of fused-ring (bicyclic) bond motifs is 3. The number of pyridine rings is 1. The molecule has 110 valence electrons. The molecule has 1 N–H and O–H groups in total. The average molecular weight is 315 g/mol. The van der Waals surface area contributed by atoms with Crippen molar-refractivity contribution < 1.29 is 0 Å². The van der Waals surface area contributed by atoms with Gasteiger partial charge in [-0.1, -0.05) is 12.1 Å². The molecule has 23 heavy (non-hydrogen) atoms. The van der Waals surface area contributed by atoms with Gasteiger partial charge < -0.3 is 4.98 Å². The van der Waals surface area contributed by atoms with Gasteiger partial charge in [-0.05, 0) is 53.9 Å². The minimum Gasteiger partial charge on any atom is -0.339 e. The number of hydrogen-bond acceptors (Lipinski definition) is 3. The highest BCUT2D eigenvalue weighted by Crippen LogP contribution is 2.36. The number of rotatable bonds is 1. The predicted octanol–water partition coefficient (Wildman–Crippen LogP) is 4.85. The zero-order chi connectivity index (χ0) is 16.0. The minimum atomic E-state index is 0.625. The Bertz CT molecular complexity index is 1100. The molecule has 0 saturated heterocycles. The van der Waals surface area contributed by atoms with Gasteiger partial charge in [0.1, 0.15) is 5.65 Å². The average Bonchev–Trinajstić information content (AvgIpc) is 2.91. The number of nitrogens with zero attached hydrogens (tertiary/aromatic N) is 2. The van der Waals surface area contributed by atoms with Gasteiger partial charge >= 0.3 is 0 Å². The zero-order valence-corrected chi connectivity index (χ0v) is 13.4. The van der Waals surface area contributed by atoms with Gasteiger partial charge in [-0.2, -0.15) is 5.26 Å². The third-order valence-electron chi connectivity index (χ3n) is 3.97. The van der Waals surface area contributed by atoms with Crippen LogP contribution < -0.4 is 0 Å². The quantitative estimate of drug-likeness (QED) is 0.493. The number of benzene rings is 2. The number of H-pyrrole nitrogens is 1. The molecule has 0 aliphatic carbocycles. The van der Waals surface area contributed by atoms with E-state index in [9.17, 15) is 5.26 Å². The van der Waals surface area contributed by atoms with Crippen LogP contribution in [0.1, 0.15) is 11.1 Å². The summed E-state index contributed by atoms with van der Waals surface area (Å²) in [4.78, 5) is 8.69. The van der Waals surface area contributed by atoms with Crippen LogP contribution in [0.15, 0.2) is 53.6 Å². The van der Waals surface area contributed by atoms with Gasteiger partial charge in [-0.25, -0.2) is 4.98 Å². The lowest BCUT2D eigenvalue weighted by molar-refractivity contribution is 1.30. The summed E-state index contributed by atoms with van der Waals surface area (Å²) in [5.74, 6) is 0. The maximum atomic E-state index is 9.35. The lowest BCUT2D eigenvalue weighted by atomic mass is 9.97. The highest BCUT2D eigenvalue weighted by molar-refractivity contribution is 7.80. The molecule has 0 aliphatic heterocycles. The Morgan fingerprint density at radius 2 is 2.04 bits per heavy atom. The Balaban J connectivity index is 2.18. The molecule has 0 amide bonds. The second-order valence-corrected chi connectivity index (χ2v) is 6.16. The molecule has 3 nitrogen and oxygen atoms in total. The van der Waals surface area contributed by atoms with Crippen molar-refractivity contribution in [1.82, 2.24) is 9.97 Å². The third-order valence-corrected chi connectivity index (χ3v) is 4.25. The van der Waals surface area contributed by atoms with Crippen LogP contribution in [-0.4, -0.2) is 9.97 Å². The molecule has 4 heteroatoms. The fraction of sp³-hybridized carbons (Fsp3) is 0.0526. The van der Waals surface area contributed by atoms with Crippen LogP contribution in [0.25, 0.3) is 33.1 Å². The Hall–Kier alpha value is -2.77. The molecule has 0 fully saturated rings. The van der Waals surface area contributed by atoms with Crippen LogP contribution in [-0.2, 0) is 0 Å². The molecule has 4 aromatic rings. The fourth-order valence-corrected chi connectivity index (χ4v) is 3.21. The highest BCUT2D eigenvalue weighted by Gasteiger charge is 2.13. The SMILES string of the molecule is Cc1cnc2[nH]c3cc(C#N)cc(-c4cccc(S)c4)c3c2c1. The standard InChI is InChI=1S/C19H13N3S/c1-11-5-16-18-15(13-3-2-4-14(23)8-13)6-12(9-20)7-17(18)22-19(16)21-10-11/h2-8,10,23H,1H3,(H,21,22). The first-order valence-corrected chi connectivity index (χ1v) is 7.72. The normalized spacial score (nSPS) is 11.0. The zero-order valence-electron chi connectivity index (χ0n) is 12.5. The first-order chi connectivity index (χ1) is 11.2. The lowest BCUT2D eigenvalue weighted by Crippen LogP contribution is -1.84. The van der Waals surface area contributed by atoms with Gasteiger partial charge in [0.05, 0.1) is 11.6 Å². The number of aryl methyl sites for hydroxylation is 1. The molecule has 2 heterocycles. The third kappa shape index (κ3) is 2.26. The predicted molar refractivity (Wildman–Crippen MR) is 95.7 cm³/mol. The van der Waals surface area contributed by atoms with Gasteiger partial charge in [0, 0.05) is 27.4 Å².